The number of esters is 1. The predicted molar refractivity (Wildman–Crippen MR) is 79.0 cm³/mol. The summed E-state index contributed by atoms with van der Waals surface area (Å²) >= 11 is 0. The van der Waals surface area contributed by atoms with Crippen LogP contribution in [0.1, 0.15) is 44.0 Å². The topological polar surface area (TPSA) is 59.0 Å². The van der Waals surface area contributed by atoms with Crippen LogP contribution in [0.25, 0.3) is 0 Å². The summed E-state index contributed by atoms with van der Waals surface area (Å²) in [6.45, 7) is 6.08. The van der Waals surface area contributed by atoms with Crippen molar-refractivity contribution in [1.29, 1.82) is 0 Å². The number of hydrogen-bond acceptors (Lipinski definition) is 5. The summed E-state index contributed by atoms with van der Waals surface area (Å²) in [6, 6.07) is 3.69. The smallest absolute Gasteiger partial charge is 0.342 e. The molecule has 1 atom stereocenters. The van der Waals surface area contributed by atoms with E-state index in [4.69, 9.17) is 9.47 Å². The lowest BCUT2D eigenvalue weighted by atomic mass is 10.1. The molecule has 1 N–H and O–H groups in total. The number of aliphatic hydroxyl groups is 1. The third kappa shape index (κ3) is 4.42. The van der Waals surface area contributed by atoms with Crippen LogP contribution in [0.3, 0.4) is 0 Å². The van der Waals surface area contributed by atoms with Gasteiger partial charge in [-0.2, -0.15) is 0 Å². The van der Waals surface area contributed by atoms with Gasteiger partial charge in [-0.05, 0) is 45.7 Å². The monoisotopic (exact) mass is 311 g/mol. The fourth-order valence-corrected chi connectivity index (χ4v) is 2.23. The Labute approximate surface area is 129 Å². The molecule has 1 aromatic rings. The van der Waals surface area contributed by atoms with E-state index in [1.54, 1.807) is 25.7 Å². The molecule has 1 saturated heterocycles. The van der Waals surface area contributed by atoms with Gasteiger partial charge in [-0.3, -0.25) is 0 Å². The van der Waals surface area contributed by atoms with Crippen LogP contribution in [0, 0.1) is 5.82 Å². The van der Waals surface area contributed by atoms with E-state index >= 15 is 0 Å². The quantitative estimate of drug-likeness (QED) is 0.866. The Hall–Kier alpha value is -1.66. The minimum Gasteiger partial charge on any atom is -0.477 e. The molecule has 0 amide bonds. The normalized spacial score (nSPS) is 19.2. The Bertz CT molecular complexity index is 541. The zero-order valence-electron chi connectivity index (χ0n) is 13.1. The number of benzene rings is 1. The van der Waals surface area contributed by atoms with E-state index in [1.807, 2.05) is 0 Å². The molecule has 5 nitrogen and oxygen atoms in total. The lowest BCUT2D eigenvalue weighted by molar-refractivity contribution is -0.00845. The Kier molecular flexibility index (Phi) is 5.03. The average Bonchev–Trinajstić information content (AvgIpc) is 2.80. The molecule has 1 aliphatic rings. The molecule has 1 aromatic carbocycles. The molecule has 0 aromatic heterocycles. The molecule has 1 aliphatic heterocycles. The van der Waals surface area contributed by atoms with E-state index in [9.17, 15) is 14.3 Å². The second-order valence-corrected chi connectivity index (χ2v) is 6.35. The van der Waals surface area contributed by atoms with Gasteiger partial charge in [-0.1, -0.05) is 0 Å². The summed E-state index contributed by atoms with van der Waals surface area (Å²) in [5.74, 6) is -0.943. The van der Waals surface area contributed by atoms with E-state index in [-0.39, 0.29) is 18.0 Å². The van der Waals surface area contributed by atoms with Gasteiger partial charge < -0.3 is 14.6 Å². The van der Waals surface area contributed by atoms with Crippen molar-refractivity contribution in [3.05, 3.63) is 29.6 Å². The summed E-state index contributed by atoms with van der Waals surface area (Å²) in [7, 11) is 0. The van der Waals surface area contributed by atoms with E-state index < -0.39 is 23.6 Å². The maximum atomic E-state index is 13.4. The fourth-order valence-electron chi connectivity index (χ4n) is 2.23. The second kappa shape index (κ2) is 6.62. The molecule has 22 heavy (non-hydrogen) atoms. The molecular weight excluding hydrogens is 289 g/mol. The highest BCUT2D eigenvalue weighted by Gasteiger charge is 2.25. The third-order valence-corrected chi connectivity index (χ3v) is 3.28. The standard InChI is InChI=1S/C16H22FNO4/c1-16(2,3)22-15(20)12-7-6-11(17)9-13(12)21-10-18-8-4-5-14(18)19/h6-7,9,14,19H,4-5,8,10H2,1-3H3/t14-/m0/s1. The van der Waals surface area contributed by atoms with Crippen molar-refractivity contribution in [1.82, 2.24) is 4.90 Å². The van der Waals surface area contributed by atoms with Gasteiger partial charge >= 0.3 is 5.97 Å². The van der Waals surface area contributed by atoms with Crippen LogP contribution >= 0.6 is 0 Å². The minimum atomic E-state index is -0.645. The first-order chi connectivity index (χ1) is 10.3. The fraction of sp³-hybridized carbons (Fsp3) is 0.562. The Morgan fingerprint density at radius 1 is 1.45 bits per heavy atom. The Morgan fingerprint density at radius 3 is 2.77 bits per heavy atom. The van der Waals surface area contributed by atoms with E-state index in [0.29, 0.717) is 13.0 Å². The Morgan fingerprint density at radius 2 is 2.18 bits per heavy atom. The maximum absolute atomic E-state index is 13.4. The molecular formula is C16H22FNO4. The van der Waals surface area contributed by atoms with Crippen LogP contribution in [0.5, 0.6) is 5.75 Å². The number of halogens is 1. The zero-order valence-corrected chi connectivity index (χ0v) is 13.1. The number of likely N-dealkylation sites (tertiary alicyclic amines) is 1. The van der Waals surface area contributed by atoms with E-state index in [2.05, 4.69) is 0 Å². The first-order valence-corrected chi connectivity index (χ1v) is 7.34. The van der Waals surface area contributed by atoms with Crippen molar-refractivity contribution < 1.29 is 23.8 Å². The second-order valence-electron chi connectivity index (χ2n) is 6.35. The summed E-state index contributed by atoms with van der Waals surface area (Å²) in [4.78, 5) is 13.9. The highest BCUT2D eigenvalue weighted by atomic mass is 19.1. The van der Waals surface area contributed by atoms with Crippen LogP contribution in [-0.2, 0) is 4.74 Å². The molecule has 2 rings (SSSR count). The first kappa shape index (κ1) is 16.7. The van der Waals surface area contributed by atoms with Gasteiger partial charge in [0.05, 0.1) is 0 Å². The lowest BCUT2D eigenvalue weighted by Crippen LogP contribution is -2.33. The van der Waals surface area contributed by atoms with Gasteiger partial charge in [0, 0.05) is 12.6 Å². The number of carbonyl (C=O) groups is 1. The van der Waals surface area contributed by atoms with Crippen LogP contribution in [0.2, 0.25) is 0 Å². The van der Waals surface area contributed by atoms with Crippen molar-refractivity contribution in [3.8, 4) is 5.75 Å². The predicted octanol–water partition coefficient (Wildman–Crippen LogP) is 2.53. The lowest BCUT2D eigenvalue weighted by Gasteiger charge is -2.23. The van der Waals surface area contributed by atoms with Crippen molar-refractivity contribution in [2.75, 3.05) is 13.3 Å². The molecule has 0 saturated carbocycles. The molecule has 6 heteroatoms. The number of hydrogen-bond donors (Lipinski definition) is 1. The molecule has 0 aliphatic carbocycles. The van der Waals surface area contributed by atoms with Crippen LogP contribution in [-0.4, -0.2) is 41.1 Å². The van der Waals surface area contributed by atoms with Crippen molar-refractivity contribution in [3.63, 3.8) is 0 Å². The van der Waals surface area contributed by atoms with Crippen molar-refractivity contribution in [2.24, 2.45) is 0 Å². The molecule has 122 valence electrons. The average molecular weight is 311 g/mol. The molecule has 0 bridgehead atoms. The van der Waals surface area contributed by atoms with Crippen LogP contribution in [0.4, 0.5) is 4.39 Å². The molecule has 0 spiro atoms. The number of nitrogens with zero attached hydrogens (tertiary/aromatic N) is 1. The van der Waals surface area contributed by atoms with Crippen LogP contribution in [0.15, 0.2) is 18.2 Å². The number of ether oxygens (including phenoxy) is 2. The molecule has 1 fully saturated rings. The first-order valence-electron chi connectivity index (χ1n) is 7.34. The van der Waals surface area contributed by atoms with E-state index in [0.717, 1.165) is 12.5 Å². The molecule has 0 radical (unpaired) electrons. The van der Waals surface area contributed by atoms with Crippen molar-refractivity contribution in [2.45, 2.75) is 45.4 Å². The highest BCUT2D eigenvalue weighted by molar-refractivity contribution is 5.92. The SMILES string of the molecule is CC(C)(C)OC(=O)c1ccc(F)cc1OCN1CCC[C@@H]1O. The summed E-state index contributed by atoms with van der Waals surface area (Å²) in [5, 5.41) is 9.73. The van der Waals surface area contributed by atoms with Gasteiger partial charge in [-0.25, -0.2) is 14.1 Å². The summed E-state index contributed by atoms with van der Waals surface area (Å²) in [5.41, 5.74) is -0.474. The van der Waals surface area contributed by atoms with Gasteiger partial charge in [0.15, 0.2) is 0 Å². The summed E-state index contributed by atoms with van der Waals surface area (Å²) < 4.78 is 24.3. The van der Waals surface area contributed by atoms with E-state index in [1.165, 1.54) is 12.1 Å². The maximum Gasteiger partial charge on any atom is 0.342 e. The van der Waals surface area contributed by atoms with Gasteiger partial charge in [0.2, 0.25) is 0 Å². The van der Waals surface area contributed by atoms with Crippen LogP contribution < -0.4 is 4.74 Å². The Balaban J connectivity index is 2.11. The zero-order chi connectivity index (χ0) is 16.3. The van der Waals surface area contributed by atoms with Gasteiger partial charge in [0.1, 0.15) is 35.7 Å². The highest BCUT2D eigenvalue weighted by Crippen LogP contribution is 2.24. The van der Waals surface area contributed by atoms with Crippen molar-refractivity contribution >= 4 is 5.97 Å². The third-order valence-electron chi connectivity index (χ3n) is 3.28. The summed E-state index contributed by atoms with van der Waals surface area (Å²) in [6.07, 6.45) is 1.01. The largest absolute Gasteiger partial charge is 0.477 e. The number of aliphatic hydroxyl groups excluding tert-OH is 1. The number of carbonyl (C=O) groups excluding carboxylic acids is 1. The van der Waals surface area contributed by atoms with Gasteiger partial charge in [0.25, 0.3) is 0 Å². The molecule has 1 heterocycles. The molecule has 0 unspecified atom stereocenters. The minimum absolute atomic E-state index is 0.0976. The number of rotatable bonds is 4. The van der Waals surface area contributed by atoms with Gasteiger partial charge in [-0.15, -0.1) is 0 Å².